The van der Waals surface area contributed by atoms with Crippen molar-refractivity contribution in [3.05, 3.63) is 66.9 Å². The first-order valence-corrected chi connectivity index (χ1v) is 7.21. The zero-order chi connectivity index (χ0) is 15.2. The van der Waals surface area contributed by atoms with Crippen molar-refractivity contribution in [2.45, 2.75) is 6.92 Å². The van der Waals surface area contributed by atoms with Crippen LogP contribution in [0.3, 0.4) is 0 Å². The molecule has 0 aliphatic carbocycles. The molecule has 1 heterocycles. The Bertz CT molecular complexity index is 715. The molecule has 0 saturated carbocycles. The monoisotopic (exact) mass is 291 g/mol. The van der Waals surface area contributed by atoms with Crippen molar-refractivity contribution in [1.82, 2.24) is 15.2 Å². The maximum absolute atomic E-state index is 4.56. The molecule has 1 aromatic heterocycles. The highest BCUT2D eigenvalue weighted by Crippen LogP contribution is 2.23. The van der Waals surface area contributed by atoms with E-state index >= 15 is 0 Å². The van der Waals surface area contributed by atoms with E-state index in [9.17, 15) is 0 Å². The number of anilines is 4. The van der Waals surface area contributed by atoms with Crippen molar-refractivity contribution in [2.24, 2.45) is 0 Å². The molecule has 2 aromatic carbocycles. The molecule has 3 rings (SSSR count). The number of aromatic nitrogens is 3. The number of hydrogen-bond acceptors (Lipinski definition) is 5. The normalized spacial score (nSPS) is 10.2. The van der Waals surface area contributed by atoms with Crippen LogP contribution in [0.5, 0.6) is 0 Å². The average molecular weight is 291 g/mol. The minimum Gasteiger partial charge on any atom is -0.325 e. The van der Waals surface area contributed by atoms with Crippen LogP contribution < -0.4 is 10.2 Å². The van der Waals surface area contributed by atoms with E-state index in [1.807, 2.05) is 48.5 Å². The minimum atomic E-state index is 0.484. The molecule has 0 amide bonds. The third-order valence-electron chi connectivity index (χ3n) is 3.24. The third kappa shape index (κ3) is 3.20. The molecular formula is C17H17N5. The quantitative estimate of drug-likeness (QED) is 0.775. The molecule has 0 atom stereocenters. The first-order valence-electron chi connectivity index (χ1n) is 7.21. The summed E-state index contributed by atoms with van der Waals surface area (Å²) >= 11 is 0. The molecule has 0 spiro atoms. The Morgan fingerprint density at radius 3 is 2.32 bits per heavy atom. The van der Waals surface area contributed by atoms with Gasteiger partial charge in [0.25, 0.3) is 0 Å². The van der Waals surface area contributed by atoms with Gasteiger partial charge in [0.1, 0.15) is 0 Å². The van der Waals surface area contributed by atoms with E-state index in [2.05, 4.69) is 44.5 Å². The molecule has 0 bridgehead atoms. The van der Waals surface area contributed by atoms with E-state index in [0.717, 1.165) is 23.7 Å². The minimum absolute atomic E-state index is 0.484. The highest BCUT2D eigenvalue weighted by Gasteiger charge is 2.10. The fourth-order valence-electron chi connectivity index (χ4n) is 2.21. The maximum atomic E-state index is 4.56. The van der Waals surface area contributed by atoms with Gasteiger partial charge in [0.05, 0.1) is 6.20 Å². The molecule has 0 saturated heterocycles. The first kappa shape index (κ1) is 14.0. The van der Waals surface area contributed by atoms with Gasteiger partial charge in [0.2, 0.25) is 5.95 Å². The van der Waals surface area contributed by atoms with E-state index in [0.29, 0.717) is 5.95 Å². The van der Waals surface area contributed by atoms with E-state index in [-0.39, 0.29) is 0 Å². The Morgan fingerprint density at radius 2 is 1.64 bits per heavy atom. The van der Waals surface area contributed by atoms with Crippen LogP contribution in [0.1, 0.15) is 6.92 Å². The number of benzene rings is 2. The van der Waals surface area contributed by atoms with Crippen molar-refractivity contribution in [3.8, 4) is 0 Å². The summed E-state index contributed by atoms with van der Waals surface area (Å²) in [6.45, 7) is 2.88. The molecule has 5 nitrogen and oxygen atoms in total. The van der Waals surface area contributed by atoms with E-state index in [1.54, 1.807) is 6.20 Å². The number of nitrogens with zero attached hydrogens (tertiary/aromatic N) is 4. The molecule has 110 valence electrons. The van der Waals surface area contributed by atoms with Gasteiger partial charge in [-0.15, -0.1) is 5.10 Å². The van der Waals surface area contributed by atoms with Gasteiger partial charge in [-0.1, -0.05) is 36.4 Å². The van der Waals surface area contributed by atoms with Crippen LogP contribution in [0, 0.1) is 0 Å². The molecular weight excluding hydrogens is 274 g/mol. The predicted octanol–water partition coefficient (Wildman–Crippen LogP) is 3.77. The topological polar surface area (TPSA) is 53.9 Å². The van der Waals surface area contributed by atoms with Gasteiger partial charge in [-0.05, 0) is 31.2 Å². The lowest BCUT2D eigenvalue weighted by Gasteiger charge is -2.21. The molecule has 3 aromatic rings. The second kappa shape index (κ2) is 6.67. The Labute approximate surface area is 129 Å². The average Bonchev–Trinajstić information content (AvgIpc) is 2.58. The molecule has 0 fully saturated rings. The second-order valence-electron chi connectivity index (χ2n) is 4.71. The summed E-state index contributed by atoms with van der Waals surface area (Å²) in [6, 6.07) is 19.9. The smallest absolute Gasteiger partial charge is 0.249 e. The van der Waals surface area contributed by atoms with Gasteiger partial charge in [0, 0.05) is 17.9 Å². The predicted molar refractivity (Wildman–Crippen MR) is 88.7 cm³/mol. The lowest BCUT2D eigenvalue weighted by atomic mass is 10.3. The molecule has 0 aliphatic rings. The van der Waals surface area contributed by atoms with Gasteiger partial charge >= 0.3 is 0 Å². The van der Waals surface area contributed by atoms with E-state index < -0.39 is 0 Å². The van der Waals surface area contributed by atoms with Crippen LogP contribution in [0.2, 0.25) is 0 Å². The fourth-order valence-corrected chi connectivity index (χ4v) is 2.21. The Morgan fingerprint density at radius 1 is 0.955 bits per heavy atom. The SMILES string of the molecule is CCN(c1ccccc1)c1cnnc(Nc2ccccc2)n1. The third-order valence-corrected chi connectivity index (χ3v) is 3.24. The number of rotatable bonds is 5. The number of hydrogen-bond donors (Lipinski definition) is 1. The Hall–Kier alpha value is -2.95. The van der Waals surface area contributed by atoms with Crippen LogP contribution >= 0.6 is 0 Å². The zero-order valence-electron chi connectivity index (χ0n) is 12.3. The van der Waals surface area contributed by atoms with Crippen molar-refractivity contribution < 1.29 is 0 Å². The Kier molecular flexibility index (Phi) is 4.25. The summed E-state index contributed by atoms with van der Waals surface area (Å²) in [5.41, 5.74) is 2.01. The molecule has 0 aliphatic heterocycles. The second-order valence-corrected chi connectivity index (χ2v) is 4.71. The van der Waals surface area contributed by atoms with Crippen molar-refractivity contribution >= 4 is 23.1 Å². The van der Waals surface area contributed by atoms with Crippen LogP contribution in [-0.2, 0) is 0 Å². The van der Waals surface area contributed by atoms with Crippen molar-refractivity contribution in [1.29, 1.82) is 0 Å². The van der Waals surface area contributed by atoms with Gasteiger partial charge in [-0.3, -0.25) is 0 Å². The summed E-state index contributed by atoms with van der Waals surface area (Å²) < 4.78 is 0. The van der Waals surface area contributed by atoms with Crippen molar-refractivity contribution in [3.63, 3.8) is 0 Å². The highest BCUT2D eigenvalue weighted by molar-refractivity contribution is 5.61. The van der Waals surface area contributed by atoms with Crippen LogP contribution in [0.15, 0.2) is 66.9 Å². The zero-order valence-corrected chi connectivity index (χ0v) is 12.3. The molecule has 0 radical (unpaired) electrons. The summed E-state index contributed by atoms with van der Waals surface area (Å²) in [6.07, 6.45) is 1.67. The Balaban J connectivity index is 1.87. The summed E-state index contributed by atoms with van der Waals surface area (Å²) in [7, 11) is 0. The fraction of sp³-hybridized carbons (Fsp3) is 0.118. The molecule has 0 unspecified atom stereocenters. The van der Waals surface area contributed by atoms with Gasteiger partial charge in [-0.2, -0.15) is 10.1 Å². The first-order chi connectivity index (χ1) is 10.9. The molecule has 1 N–H and O–H groups in total. The van der Waals surface area contributed by atoms with Gasteiger partial charge in [0.15, 0.2) is 5.82 Å². The van der Waals surface area contributed by atoms with Gasteiger partial charge in [-0.25, -0.2) is 0 Å². The van der Waals surface area contributed by atoms with Crippen LogP contribution in [0.4, 0.5) is 23.1 Å². The van der Waals surface area contributed by atoms with E-state index in [1.165, 1.54) is 0 Å². The van der Waals surface area contributed by atoms with Gasteiger partial charge < -0.3 is 10.2 Å². The summed E-state index contributed by atoms with van der Waals surface area (Å²) in [5, 5.41) is 11.3. The number of nitrogens with one attached hydrogen (secondary N) is 1. The molecule has 22 heavy (non-hydrogen) atoms. The maximum Gasteiger partial charge on any atom is 0.249 e. The highest BCUT2D eigenvalue weighted by atomic mass is 15.3. The standard InChI is InChI=1S/C17H17N5/c1-2-22(15-11-7-4-8-12-15)16-13-18-21-17(20-16)19-14-9-5-3-6-10-14/h3-13H,2H2,1H3,(H,19,20,21). The molecule has 5 heteroatoms. The summed E-state index contributed by atoms with van der Waals surface area (Å²) in [5.74, 6) is 1.25. The van der Waals surface area contributed by atoms with Crippen LogP contribution in [0.25, 0.3) is 0 Å². The van der Waals surface area contributed by atoms with Crippen LogP contribution in [-0.4, -0.2) is 21.7 Å². The van der Waals surface area contributed by atoms with E-state index in [4.69, 9.17) is 0 Å². The van der Waals surface area contributed by atoms with Crippen molar-refractivity contribution in [2.75, 3.05) is 16.8 Å². The largest absolute Gasteiger partial charge is 0.325 e. The summed E-state index contributed by atoms with van der Waals surface area (Å²) in [4.78, 5) is 6.64. The number of para-hydroxylation sites is 2. The lowest BCUT2D eigenvalue weighted by Crippen LogP contribution is -2.18. The lowest BCUT2D eigenvalue weighted by molar-refractivity contribution is 0.922.